The molecule has 0 bridgehead atoms. The van der Waals surface area contributed by atoms with E-state index >= 15 is 0 Å². The zero-order chi connectivity index (χ0) is 14.9. The predicted molar refractivity (Wildman–Crippen MR) is 72.1 cm³/mol. The van der Waals surface area contributed by atoms with Crippen molar-refractivity contribution in [1.82, 2.24) is 5.16 Å². The number of hydrogen-bond acceptors (Lipinski definition) is 4. The van der Waals surface area contributed by atoms with E-state index in [2.05, 4.69) is 10.5 Å². The quantitative estimate of drug-likeness (QED) is 0.897. The fourth-order valence-electron chi connectivity index (χ4n) is 1.95. The van der Waals surface area contributed by atoms with E-state index < -0.39 is 11.9 Å². The Labute approximate surface area is 115 Å². The van der Waals surface area contributed by atoms with Gasteiger partial charge in [-0.05, 0) is 38.0 Å². The van der Waals surface area contributed by atoms with Crippen LogP contribution in [0.25, 0.3) is 0 Å². The van der Waals surface area contributed by atoms with Gasteiger partial charge < -0.3 is 14.9 Å². The third-order valence-electron chi connectivity index (χ3n) is 2.80. The highest BCUT2D eigenvalue weighted by molar-refractivity contribution is 6.07. The van der Waals surface area contributed by atoms with Gasteiger partial charge in [0.25, 0.3) is 5.91 Å². The predicted octanol–water partition coefficient (Wildman–Crippen LogP) is 2.55. The van der Waals surface area contributed by atoms with E-state index in [1.165, 1.54) is 12.1 Å². The molecule has 2 aromatic rings. The van der Waals surface area contributed by atoms with Gasteiger partial charge in [-0.3, -0.25) is 4.79 Å². The van der Waals surface area contributed by atoms with Crippen LogP contribution in [0.2, 0.25) is 0 Å². The van der Waals surface area contributed by atoms with Gasteiger partial charge in [-0.25, -0.2) is 4.79 Å². The topological polar surface area (TPSA) is 92.4 Å². The number of benzene rings is 1. The summed E-state index contributed by atoms with van der Waals surface area (Å²) < 4.78 is 4.85. The Morgan fingerprint density at radius 3 is 2.45 bits per heavy atom. The maximum atomic E-state index is 12.0. The maximum Gasteiger partial charge on any atom is 0.337 e. The highest BCUT2D eigenvalue weighted by Gasteiger charge is 2.18. The van der Waals surface area contributed by atoms with Gasteiger partial charge in [-0.1, -0.05) is 11.2 Å². The molecule has 0 radical (unpaired) electrons. The Kier molecular flexibility index (Phi) is 3.56. The van der Waals surface area contributed by atoms with Gasteiger partial charge >= 0.3 is 5.97 Å². The summed E-state index contributed by atoms with van der Waals surface area (Å²) >= 11 is 0. The van der Waals surface area contributed by atoms with E-state index in [4.69, 9.17) is 4.52 Å². The third-order valence-corrected chi connectivity index (χ3v) is 2.80. The molecule has 6 heteroatoms. The van der Waals surface area contributed by atoms with Crippen LogP contribution in [0.15, 0.2) is 22.7 Å². The molecule has 0 fully saturated rings. The third kappa shape index (κ3) is 2.69. The number of amides is 1. The minimum atomic E-state index is -1.10. The molecule has 0 aliphatic carbocycles. The highest BCUT2D eigenvalue weighted by atomic mass is 16.5. The summed E-state index contributed by atoms with van der Waals surface area (Å²) in [7, 11) is 0. The Balaban J connectivity index is 2.38. The van der Waals surface area contributed by atoms with Gasteiger partial charge in [-0.2, -0.15) is 0 Å². The van der Waals surface area contributed by atoms with Crippen molar-refractivity contribution in [2.24, 2.45) is 0 Å². The van der Waals surface area contributed by atoms with Crippen molar-refractivity contribution in [3.05, 3.63) is 46.3 Å². The lowest BCUT2D eigenvalue weighted by Gasteiger charge is -2.11. The van der Waals surface area contributed by atoms with Crippen LogP contribution in [-0.2, 0) is 0 Å². The van der Waals surface area contributed by atoms with Crippen LogP contribution in [0.4, 0.5) is 5.69 Å². The number of aromatic nitrogens is 1. The minimum Gasteiger partial charge on any atom is -0.478 e. The number of rotatable bonds is 3. The molecule has 1 amide bonds. The lowest BCUT2D eigenvalue weighted by Crippen LogP contribution is -2.15. The molecule has 0 unspecified atom stereocenters. The Bertz CT molecular complexity index is 688. The van der Waals surface area contributed by atoms with Crippen LogP contribution in [0.5, 0.6) is 0 Å². The van der Waals surface area contributed by atoms with Crippen molar-refractivity contribution >= 4 is 17.6 Å². The smallest absolute Gasteiger partial charge is 0.337 e. The standard InChI is InChI=1S/C14H14N2O4/c1-7-4-8(2)12(10(5-7)14(18)19)15-13(17)11-6-9(3)16-20-11/h4-6H,1-3H3,(H,15,17)(H,18,19). The van der Waals surface area contributed by atoms with Crippen LogP contribution in [-0.4, -0.2) is 22.1 Å². The number of carbonyl (C=O) groups excluding carboxylic acids is 1. The van der Waals surface area contributed by atoms with Crippen LogP contribution in [0, 0.1) is 20.8 Å². The van der Waals surface area contributed by atoms with Crippen molar-refractivity contribution in [1.29, 1.82) is 0 Å². The molecule has 0 aliphatic rings. The van der Waals surface area contributed by atoms with Gasteiger partial charge in [-0.15, -0.1) is 0 Å². The monoisotopic (exact) mass is 274 g/mol. The molecule has 0 saturated carbocycles. The first-order chi connectivity index (χ1) is 9.38. The summed E-state index contributed by atoms with van der Waals surface area (Å²) in [6, 6.07) is 4.80. The SMILES string of the molecule is Cc1cc(C)c(NC(=O)c2cc(C)no2)c(C(=O)O)c1. The van der Waals surface area contributed by atoms with E-state index in [9.17, 15) is 14.7 Å². The van der Waals surface area contributed by atoms with Crippen molar-refractivity contribution in [3.8, 4) is 0 Å². The fraction of sp³-hybridized carbons (Fsp3) is 0.214. The molecule has 0 saturated heterocycles. The second kappa shape index (κ2) is 5.16. The number of nitrogens with zero attached hydrogens (tertiary/aromatic N) is 1. The summed E-state index contributed by atoms with van der Waals surface area (Å²) in [5.41, 5.74) is 2.38. The van der Waals surface area contributed by atoms with E-state index in [0.717, 1.165) is 5.56 Å². The van der Waals surface area contributed by atoms with Crippen molar-refractivity contribution in [2.45, 2.75) is 20.8 Å². The number of carboxylic acid groups (broad SMARTS) is 1. The molecule has 1 aromatic carbocycles. The summed E-state index contributed by atoms with van der Waals surface area (Å²) in [6.45, 7) is 5.23. The second-order valence-corrected chi connectivity index (χ2v) is 4.60. The number of aromatic carboxylic acids is 1. The minimum absolute atomic E-state index is 0.0406. The van der Waals surface area contributed by atoms with Crippen molar-refractivity contribution in [2.75, 3.05) is 5.32 Å². The van der Waals surface area contributed by atoms with Crippen LogP contribution < -0.4 is 5.32 Å². The molecule has 1 heterocycles. The molecule has 2 rings (SSSR count). The summed E-state index contributed by atoms with van der Waals surface area (Å²) in [5, 5.41) is 15.4. The average Bonchev–Trinajstić information content (AvgIpc) is 2.78. The highest BCUT2D eigenvalue weighted by Crippen LogP contribution is 2.23. The molecule has 6 nitrogen and oxygen atoms in total. The Morgan fingerprint density at radius 1 is 1.20 bits per heavy atom. The fourth-order valence-corrected chi connectivity index (χ4v) is 1.95. The zero-order valence-electron chi connectivity index (χ0n) is 11.4. The largest absolute Gasteiger partial charge is 0.478 e. The molecule has 0 aliphatic heterocycles. The number of anilines is 1. The van der Waals surface area contributed by atoms with Crippen LogP contribution >= 0.6 is 0 Å². The molecule has 2 N–H and O–H groups in total. The Morgan fingerprint density at radius 2 is 1.90 bits per heavy atom. The Hall–Kier alpha value is -2.63. The first-order valence-electron chi connectivity index (χ1n) is 5.97. The molecule has 104 valence electrons. The van der Waals surface area contributed by atoms with Crippen LogP contribution in [0.1, 0.15) is 37.7 Å². The summed E-state index contributed by atoms with van der Waals surface area (Å²) in [6.07, 6.45) is 0. The van der Waals surface area contributed by atoms with Gasteiger partial charge in [0.05, 0.1) is 16.9 Å². The molecule has 0 spiro atoms. The molecule has 20 heavy (non-hydrogen) atoms. The van der Waals surface area contributed by atoms with Crippen LogP contribution in [0.3, 0.4) is 0 Å². The molecular formula is C14H14N2O4. The van der Waals surface area contributed by atoms with Gasteiger partial charge in [0, 0.05) is 6.07 Å². The van der Waals surface area contributed by atoms with E-state index in [1.54, 1.807) is 26.8 Å². The lowest BCUT2D eigenvalue weighted by atomic mass is 10.0. The van der Waals surface area contributed by atoms with Crippen molar-refractivity contribution < 1.29 is 19.2 Å². The molecule has 1 aromatic heterocycles. The number of carbonyl (C=O) groups is 2. The number of aryl methyl sites for hydroxylation is 3. The number of hydrogen-bond donors (Lipinski definition) is 2. The average molecular weight is 274 g/mol. The number of nitrogens with one attached hydrogen (secondary N) is 1. The molecule has 0 atom stereocenters. The molecular weight excluding hydrogens is 260 g/mol. The van der Waals surface area contributed by atoms with E-state index in [1.807, 2.05) is 0 Å². The van der Waals surface area contributed by atoms with Gasteiger partial charge in [0.1, 0.15) is 0 Å². The van der Waals surface area contributed by atoms with E-state index in [-0.39, 0.29) is 17.0 Å². The van der Waals surface area contributed by atoms with Gasteiger partial charge in [0.15, 0.2) is 0 Å². The van der Waals surface area contributed by atoms with E-state index in [0.29, 0.717) is 11.3 Å². The number of carboxylic acids is 1. The first kappa shape index (κ1) is 13.8. The summed E-state index contributed by atoms with van der Waals surface area (Å²) in [5.74, 6) is -1.58. The van der Waals surface area contributed by atoms with Gasteiger partial charge in [0.2, 0.25) is 5.76 Å². The first-order valence-corrected chi connectivity index (χ1v) is 5.97. The maximum absolute atomic E-state index is 12.0. The van der Waals surface area contributed by atoms with Crippen molar-refractivity contribution in [3.63, 3.8) is 0 Å². The lowest BCUT2D eigenvalue weighted by molar-refractivity contribution is 0.0698. The second-order valence-electron chi connectivity index (χ2n) is 4.60. The summed E-state index contributed by atoms with van der Waals surface area (Å²) in [4.78, 5) is 23.3. The zero-order valence-corrected chi connectivity index (χ0v) is 11.4. The normalized spacial score (nSPS) is 10.3.